The van der Waals surface area contributed by atoms with E-state index < -0.39 is 0 Å². The van der Waals surface area contributed by atoms with Crippen LogP contribution < -0.4 is 0 Å². The molecule has 0 aliphatic heterocycles. The molecule has 0 saturated heterocycles. The van der Waals surface area contributed by atoms with Crippen LogP contribution in [0.3, 0.4) is 0 Å². The van der Waals surface area contributed by atoms with Gasteiger partial charge in [-0.15, -0.1) is 0 Å². The van der Waals surface area contributed by atoms with Crippen LogP contribution in [0.25, 0.3) is 77.4 Å². The summed E-state index contributed by atoms with van der Waals surface area (Å²) in [6.45, 7) is 0. The van der Waals surface area contributed by atoms with Crippen molar-refractivity contribution >= 4 is 21.5 Å². The number of rotatable bonds is 3. The van der Waals surface area contributed by atoms with Crippen molar-refractivity contribution in [3.63, 3.8) is 0 Å². The first-order valence-electron chi connectivity index (χ1n) is 12.9. The molecule has 38 heavy (non-hydrogen) atoms. The van der Waals surface area contributed by atoms with Crippen molar-refractivity contribution < 1.29 is 0 Å². The summed E-state index contributed by atoms with van der Waals surface area (Å²) in [5.41, 5.74) is 11.8. The van der Waals surface area contributed by atoms with Gasteiger partial charge in [0.25, 0.3) is 0 Å². The maximum Gasteiger partial charge on any atom is 0.0886 e. The lowest BCUT2D eigenvalue weighted by molar-refractivity contribution is 1.25. The van der Waals surface area contributed by atoms with Gasteiger partial charge in [-0.1, -0.05) is 91.0 Å². The number of hydrogen-bond donors (Lipinski definition) is 0. The van der Waals surface area contributed by atoms with Crippen LogP contribution >= 0.6 is 0 Å². The molecule has 0 atom stereocenters. The van der Waals surface area contributed by atoms with Crippen LogP contribution in [-0.2, 0) is 0 Å². The van der Waals surface area contributed by atoms with Gasteiger partial charge in [-0.25, -0.2) is 0 Å². The zero-order chi connectivity index (χ0) is 25.1. The van der Waals surface area contributed by atoms with Crippen LogP contribution in [0.5, 0.6) is 0 Å². The quantitative estimate of drug-likeness (QED) is 0.251. The van der Waals surface area contributed by atoms with Gasteiger partial charge < -0.3 is 0 Å². The van der Waals surface area contributed by atoms with E-state index in [1.807, 2.05) is 30.5 Å². The van der Waals surface area contributed by atoms with Gasteiger partial charge in [0.1, 0.15) is 0 Å². The first-order chi connectivity index (χ1) is 18.8. The normalized spacial score (nSPS) is 11.7. The summed E-state index contributed by atoms with van der Waals surface area (Å²) in [6.07, 6.45) is 3.73. The van der Waals surface area contributed by atoms with Crippen molar-refractivity contribution in [3.05, 3.63) is 134 Å². The molecule has 2 heterocycles. The maximum absolute atomic E-state index is 4.65. The summed E-state index contributed by atoms with van der Waals surface area (Å²) in [4.78, 5) is 9.05. The zero-order valence-electron chi connectivity index (χ0n) is 20.6. The predicted octanol–water partition coefficient (Wildman–Crippen LogP) is 9.43. The molecule has 5 aromatic carbocycles. The Hall–Kier alpha value is -5.08. The monoisotopic (exact) mass is 482 g/mol. The Balaban J connectivity index is 1.19. The lowest BCUT2D eigenvalue weighted by Crippen LogP contribution is -1.88. The van der Waals surface area contributed by atoms with Crippen LogP contribution in [0.2, 0.25) is 0 Å². The molecular weight excluding hydrogens is 460 g/mol. The number of fused-ring (bicyclic) bond motifs is 4. The molecule has 2 nitrogen and oxygen atoms in total. The van der Waals surface area contributed by atoms with E-state index in [4.69, 9.17) is 0 Å². The number of benzene rings is 5. The number of nitrogens with zero attached hydrogens (tertiary/aromatic N) is 2. The average Bonchev–Trinajstić information content (AvgIpc) is 3.31. The fourth-order valence-corrected chi connectivity index (χ4v) is 5.87. The van der Waals surface area contributed by atoms with E-state index in [-0.39, 0.29) is 0 Å². The molecule has 2 aromatic heterocycles. The Bertz CT molecular complexity index is 1940. The topological polar surface area (TPSA) is 25.8 Å². The van der Waals surface area contributed by atoms with Crippen LogP contribution in [-0.4, -0.2) is 9.97 Å². The molecule has 0 fully saturated rings. The Morgan fingerprint density at radius 1 is 0.395 bits per heavy atom. The van der Waals surface area contributed by atoms with Gasteiger partial charge in [0, 0.05) is 18.0 Å². The summed E-state index contributed by atoms with van der Waals surface area (Å²) < 4.78 is 0. The Morgan fingerprint density at radius 3 is 1.76 bits per heavy atom. The highest BCUT2D eigenvalue weighted by Crippen LogP contribution is 2.50. The Morgan fingerprint density at radius 2 is 1.05 bits per heavy atom. The summed E-state index contributed by atoms with van der Waals surface area (Å²) in [6, 6.07) is 43.5. The van der Waals surface area contributed by atoms with Gasteiger partial charge in [-0.05, 0) is 90.8 Å². The minimum atomic E-state index is 0.882. The molecule has 8 rings (SSSR count). The highest BCUT2D eigenvalue weighted by molar-refractivity contribution is 6.20. The third-order valence-electron chi connectivity index (χ3n) is 7.73. The second-order valence-corrected chi connectivity index (χ2v) is 9.86. The van der Waals surface area contributed by atoms with E-state index in [9.17, 15) is 0 Å². The Kier molecular flexibility index (Phi) is 4.55. The standard InChI is InChI=1S/C36H22N2/c1-2-7-26-21-33-31-17-16-28(29-8-5-9-30(36(29)31)32(33)20-25(26)6-1)24-13-11-23(12-14-24)27-15-18-35(38-22-27)34-10-3-4-19-37-34/h1-22H. The molecular formula is C36H22N2. The maximum atomic E-state index is 4.65. The van der Waals surface area contributed by atoms with Gasteiger partial charge in [-0.2, -0.15) is 0 Å². The Labute approximate surface area is 220 Å². The average molecular weight is 483 g/mol. The van der Waals surface area contributed by atoms with Crippen molar-refractivity contribution in [1.29, 1.82) is 0 Å². The third kappa shape index (κ3) is 3.21. The van der Waals surface area contributed by atoms with Gasteiger partial charge in [0.15, 0.2) is 0 Å². The summed E-state index contributed by atoms with van der Waals surface area (Å²) in [7, 11) is 0. The fraction of sp³-hybridized carbons (Fsp3) is 0. The molecule has 2 heteroatoms. The second-order valence-electron chi connectivity index (χ2n) is 9.86. The second kappa shape index (κ2) is 8.22. The van der Waals surface area contributed by atoms with Crippen molar-refractivity contribution in [2.45, 2.75) is 0 Å². The lowest BCUT2D eigenvalue weighted by atomic mass is 9.93. The van der Waals surface area contributed by atoms with Crippen molar-refractivity contribution in [3.8, 4) is 55.9 Å². The fourth-order valence-electron chi connectivity index (χ4n) is 5.87. The molecule has 0 N–H and O–H groups in total. The molecule has 0 unspecified atom stereocenters. The van der Waals surface area contributed by atoms with E-state index in [0.717, 1.165) is 22.5 Å². The number of hydrogen-bond acceptors (Lipinski definition) is 2. The largest absolute Gasteiger partial charge is 0.255 e. The molecule has 0 spiro atoms. The van der Waals surface area contributed by atoms with Gasteiger partial charge >= 0.3 is 0 Å². The summed E-state index contributed by atoms with van der Waals surface area (Å²) >= 11 is 0. The third-order valence-corrected chi connectivity index (χ3v) is 7.73. The van der Waals surface area contributed by atoms with E-state index >= 15 is 0 Å². The highest BCUT2D eigenvalue weighted by Gasteiger charge is 2.23. The van der Waals surface area contributed by atoms with Crippen molar-refractivity contribution in [2.24, 2.45) is 0 Å². The molecule has 1 aliphatic carbocycles. The highest BCUT2D eigenvalue weighted by atomic mass is 14.8. The van der Waals surface area contributed by atoms with Crippen LogP contribution in [0.4, 0.5) is 0 Å². The number of aromatic nitrogens is 2. The summed E-state index contributed by atoms with van der Waals surface area (Å²) in [5.74, 6) is 0. The molecule has 0 saturated carbocycles. The van der Waals surface area contributed by atoms with Crippen molar-refractivity contribution in [1.82, 2.24) is 9.97 Å². The molecule has 0 amide bonds. The first-order valence-corrected chi connectivity index (χ1v) is 12.9. The molecule has 0 radical (unpaired) electrons. The lowest BCUT2D eigenvalue weighted by Gasteiger charge is -2.11. The predicted molar refractivity (Wildman–Crippen MR) is 158 cm³/mol. The van der Waals surface area contributed by atoms with Crippen LogP contribution in [0.1, 0.15) is 0 Å². The van der Waals surface area contributed by atoms with E-state index in [1.165, 1.54) is 54.9 Å². The molecule has 0 bridgehead atoms. The van der Waals surface area contributed by atoms with E-state index in [0.29, 0.717) is 0 Å². The minimum absolute atomic E-state index is 0.882. The van der Waals surface area contributed by atoms with Crippen LogP contribution in [0, 0.1) is 0 Å². The van der Waals surface area contributed by atoms with E-state index in [2.05, 4.69) is 107 Å². The smallest absolute Gasteiger partial charge is 0.0886 e. The molecule has 176 valence electrons. The minimum Gasteiger partial charge on any atom is -0.255 e. The van der Waals surface area contributed by atoms with Crippen molar-refractivity contribution in [2.75, 3.05) is 0 Å². The van der Waals surface area contributed by atoms with Gasteiger partial charge in [-0.3, -0.25) is 9.97 Å². The van der Waals surface area contributed by atoms with Gasteiger partial charge in [0.05, 0.1) is 11.4 Å². The number of pyridine rings is 2. The SMILES string of the molecule is c1ccc(-c2ccc(-c3ccc(-c4ccc5c6c(cccc46)-c4cc6ccccc6cc4-5)cc3)cn2)nc1. The van der Waals surface area contributed by atoms with Crippen LogP contribution in [0.15, 0.2) is 134 Å². The molecule has 7 aromatic rings. The summed E-state index contributed by atoms with van der Waals surface area (Å²) in [5, 5.41) is 5.23. The zero-order valence-corrected chi connectivity index (χ0v) is 20.6. The van der Waals surface area contributed by atoms with E-state index in [1.54, 1.807) is 6.20 Å². The van der Waals surface area contributed by atoms with Gasteiger partial charge in [0.2, 0.25) is 0 Å². The first kappa shape index (κ1) is 21.0. The molecule has 1 aliphatic rings.